The molecule has 0 aromatic carbocycles. The summed E-state index contributed by atoms with van der Waals surface area (Å²) in [6.45, 7) is 2.82. The quantitative estimate of drug-likeness (QED) is 0.116. The van der Waals surface area contributed by atoms with E-state index in [4.69, 9.17) is 14.6 Å². The number of hydrogen-bond acceptors (Lipinski definition) is 6. The summed E-state index contributed by atoms with van der Waals surface area (Å²) in [6.07, 6.45) is 17.6. The summed E-state index contributed by atoms with van der Waals surface area (Å²) >= 11 is 0. The van der Waals surface area contributed by atoms with Gasteiger partial charge < -0.3 is 19.7 Å². The maximum absolute atomic E-state index is 13.8. The van der Waals surface area contributed by atoms with E-state index in [1.807, 2.05) is 12.2 Å². The molecule has 7 heteroatoms. The lowest BCUT2D eigenvalue weighted by molar-refractivity contribution is -0.196. The summed E-state index contributed by atoms with van der Waals surface area (Å²) in [7, 11) is 0. The van der Waals surface area contributed by atoms with E-state index in [0.717, 1.165) is 70.6 Å². The van der Waals surface area contributed by atoms with Crippen LogP contribution in [0, 0.1) is 17.3 Å². The smallest absolute Gasteiger partial charge is 0.303 e. The summed E-state index contributed by atoms with van der Waals surface area (Å²) in [4.78, 5) is 38.0. The number of rotatable bonds is 19. The number of unbranched alkanes of at least 4 members (excludes halogenated alkanes) is 7. The number of hydrogen-bond donors (Lipinski definition) is 2. The van der Waals surface area contributed by atoms with Crippen LogP contribution in [0.1, 0.15) is 122 Å². The first kappa shape index (κ1) is 31.0. The van der Waals surface area contributed by atoms with Crippen LogP contribution in [-0.2, 0) is 23.9 Å². The van der Waals surface area contributed by atoms with Gasteiger partial charge in [-0.05, 0) is 64.2 Å². The molecule has 2 saturated carbocycles. The van der Waals surface area contributed by atoms with Crippen LogP contribution < -0.4 is 0 Å². The van der Waals surface area contributed by atoms with Crippen LogP contribution in [0.5, 0.6) is 0 Å². The molecule has 2 aliphatic carbocycles. The van der Waals surface area contributed by atoms with Crippen molar-refractivity contribution in [2.24, 2.45) is 17.3 Å². The molecule has 0 aromatic rings. The van der Waals surface area contributed by atoms with Crippen molar-refractivity contribution in [1.29, 1.82) is 0 Å². The molecule has 1 aliphatic heterocycles. The van der Waals surface area contributed by atoms with Gasteiger partial charge in [0.05, 0.1) is 18.1 Å². The van der Waals surface area contributed by atoms with Gasteiger partial charge in [-0.2, -0.15) is 0 Å². The normalized spacial score (nSPS) is 28.5. The monoisotopic (exact) mass is 534 g/mol. The van der Waals surface area contributed by atoms with Crippen molar-refractivity contribution >= 4 is 17.5 Å². The molecule has 3 aliphatic rings. The highest BCUT2D eigenvalue weighted by molar-refractivity contribution is 6.40. The number of aliphatic hydroxyl groups excluding tert-OH is 1. The van der Waals surface area contributed by atoms with E-state index in [2.05, 4.69) is 6.92 Å². The Bertz CT molecular complexity index is 781. The second kappa shape index (κ2) is 15.9. The lowest BCUT2D eigenvalue weighted by Crippen LogP contribution is -2.41. The van der Waals surface area contributed by atoms with Gasteiger partial charge in [-0.1, -0.05) is 57.6 Å². The highest BCUT2D eigenvalue weighted by Crippen LogP contribution is 2.52. The van der Waals surface area contributed by atoms with E-state index in [1.165, 1.54) is 19.3 Å². The number of Topliss-reactive ketones (excluding diaryl/α,β-unsaturated/α-hetero) is 2. The fourth-order valence-electron chi connectivity index (χ4n) is 6.20. The zero-order valence-corrected chi connectivity index (χ0v) is 23.4. The molecule has 7 nitrogen and oxygen atoms in total. The van der Waals surface area contributed by atoms with Gasteiger partial charge in [-0.3, -0.25) is 14.4 Å². The van der Waals surface area contributed by atoms with Crippen LogP contribution in [0.2, 0.25) is 0 Å². The van der Waals surface area contributed by atoms with Crippen LogP contribution in [0.4, 0.5) is 0 Å². The first-order chi connectivity index (χ1) is 18.4. The molecule has 0 bridgehead atoms. The minimum Gasteiger partial charge on any atom is -0.481 e. The Labute approximate surface area is 228 Å². The molecule has 0 amide bonds. The third-order valence-electron chi connectivity index (χ3n) is 8.75. The Hall–Kier alpha value is -1.57. The highest BCUT2D eigenvalue weighted by atomic mass is 16.7. The van der Waals surface area contributed by atoms with Gasteiger partial charge >= 0.3 is 5.97 Å². The van der Waals surface area contributed by atoms with E-state index in [1.54, 1.807) is 0 Å². The van der Waals surface area contributed by atoms with Crippen LogP contribution in [0.3, 0.4) is 0 Å². The molecule has 1 heterocycles. The van der Waals surface area contributed by atoms with Crippen molar-refractivity contribution in [3.63, 3.8) is 0 Å². The third kappa shape index (κ3) is 9.27. The molecule has 1 saturated heterocycles. The number of aliphatic hydroxyl groups is 1. The summed E-state index contributed by atoms with van der Waals surface area (Å²) in [5.41, 5.74) is -0.487. The van der Waals surface area contributed by atoms with Crippen LogP contribution in [0.25, 0.3) is 0 Å². The Morgan fingerprint density at radius 1 is 1.00 bits per heavy atom. The van der Waals surface area contributed by atoms with Crippen LogP contribution in [-0.4, -0.2) is 52.9 Å². The minimum absolute atomic E-state index is 0.197. The Morgan fingerprint density at radius 2 is 1.76 bits per heavy atom. The highest BCUT2D eigenvalue weighted by Gasteiger charge is 2.56. The van der Waals surface area contributed by atoms with Gasteiger partial charge in [-0.25, -0.2) is 0 Å². The molecule has 3 fully saturated rings. The van der Waals surface area contributed by atoms with Gasteiger partial charge in [0.1, 0.15) is 0 Å². The van der Waals surface area contributed by atoms with Gasteiger partial charge in [0.25, 0.3) is 0 Å². The van der Waals surface area contributed by atoms with Crippen LogP contribution in [0.15, 0.2) is 12.2 Å². The Morgan fingerprint density at radius 3 is 2.45 bits per heavy atom. The fourth-order valence-corrected chi connectivity index (χ4v) is 6.20. The first-order valence-corrected chi connectivity index (χ1v) is 15.3. The lowest BCUT2D eigenvalue weighted by Gasteiger charge is -2.30. The molecule has 3 rings (SSSR count). The molecule has 5 atom stereocenters. The number of carbonyl (C=O) groups is 3. The molecular formula is C31H50O7. The number of allylic oxidation sites excluding steroid dienone is 2. The maximum atomic E-state index is 13.8. The second-order valence-electron chi connectivity index (χ2n) is 11.8. The summed E-state index contributed by atoms with van der Waals surface area (Å²) in [5.74, 6) is -2.33. The van der Waals surface area contributed by atoms with E-state index >= 15 is 0 Å². The number of carboxylic acids is 1. The molecule has 0 spiro atoms. The van der Waals surface area contributed by atoms with Gasteiger partial charge in [0.2, 0.25) is 11.6 Å². The summed E-state index contributed by atoms with van der Waals surface area (Å²) in [5, 5.41) is 19.7. The standard InChI is InChI=1S/C31H50O7/c1-2-3-4-9-13-18-31(19-20-31)30(36)29(35)28-23(15-10-7-5-6-8-11-16-26(33)34)24(32)22-25(28)38-27-17-12-14-21-37-27/h7,10,23-25,27-28,32H,2-6,8-9,11-22H2,1H3,(H,33,34)/b10-7-/t23-,24-,25+,27?,28+/m0/s1. The van der Waals surface area contributed by atoms with E-state index in [0.29, 0.717) is 25.9 Å². The average molecular weight is 535 g/mol. The maximum Gasteiger partial charge on any atom is 0.303 e. The van der Waals surface area contributed by atoms with Gasteiger partial charge in [0, 0.05) is 30.8 Å². The molecule has 2 N–H and O–H groups in total. The topological polar surface area (TPSA) is 110 Å². The minimum atomic E-state index is -0.763. The predicted octanol–water partition coefficient (Wildman–Crippen LogP) is 6.16. The van der Waals surface area contributed by atoms with Crippen molar-refractivity contribution in [3.8, 4) is 0 Å². The van der Waals surface area contributed by atoms with Crippen molar-refractivity contribution in [3.05, 3.63) is 12.2 Å². The fraction of sp³-hybridized carbons (Fsp3) is 0.839. The zero-order valence-electron chi connectivity index (χ0n) is 23.4. The Balaban J connectivity index is 1.61. The number of carbonyl (C=O) groups excluding carboxylic acids is 2. The van der Waals surface area contributed by atoms with Crippen molar-refractivity contribution in [2.75, 3.05) is 6.61 Å². The summed E-state index contributed by atoms with van der Waals surface area (Å²) < 4.78 is 12.0. The molecule has 1 unspecified atom stereocenters. The zero-order chi connectivity index (χ0) is 27.4. The molecule has 216 valence electrons. The Kier molecular flexibility index (Phi) is 12.9. The molecule has 38 heavy (non-hydrogen) atoms. The van der Waals surface area contributed by atoms with Crippen LogP contribution >= 0.6 is 0 Å². The van der Waals surface area contributed by atoms with Crippen molar-refractivity contribution in [1.82, 2.24) is 0 Å². The van der Waals surface area contributed by atoms with Gasteiger partial charge in [-0.15, -0.1) is 0 Å². The number of carboxylic acid groups (broad SMARTS) is 1. The van der Waals surface area contributed by atoms with Crippen molar-refractivity contribution in [2.45, 2.75) is 141 Å². The SMILES string of the molecule is CCCCCCCC1(C(=O)C(=O)[C@@H]2[C@@H](C/C=C\CCCCCC(=O)O)[C@@H](O)C[C@H]2OC2CCCCO2)CC1. The van der Waals surface area contributed by atoms with E-state index in [-0.39, 0.29) is 30.2 Å². The predicted molar refractivity (Wildman–Crippen MR) is 146 cm³/mol. The number of ketones is 2. The molecule has 0 radical (unpaired) electrons. The molecule has 0 aromatic heterocycles. The molecular weight excluding hydrogens is 484 g/mol. The number of aliphatic carboxylic acids is 1. The van der Waals surface area contributed by atoms with Crippen molar-refractivity contribution < 1.29 is 34.1 Å². The van der Waals surface area contributed by atoms with Gasteiger partial charge in [0.15, 0.2) is 6.29 Å². The van der Waals surface area contributed by atoms with E-state index < -0.39 is 29.5 Å². The summed E-state index contributed by atoms with van der Waals surface area (Å²) in [6, 6.07) is 0. The van der Waals surface area contributed by atoms with E-state index in [9.17, 15) is 19.5 Å². The second-order valence-corrected chi connectivity index (χ2v) is 11.8. The first-order valence-electron chi connectivity index (χ1n) is 15.3. The lowest BCUT2D eigenvalue weighted by atomic mass is 9.80. The third-order valence-corrected chi connectivity index (χ3v) is 8.75. The largest absolute Gasteiger partial charge is 0.481 e. The average Bonchev–Trinajstić information content (AvgIpc) is 3.63. The number of ether oxygens (including phenoxy) is 2.